The van der Waals surface area contributed by atoms with E-state index in [0.717, 1.165) is 31.2 Å². The fourth-order valence-electron chi connectivity index (χ4n) is 12.7. The molecule has 410 valence electrons. The van der Waals surface area contributed by atoms with Gasteiger partial charge in [-0.15, -0.1) is 0 Å². The van der Waals surface area contributed by atoms with Gasteiger partial charge >= 0.3 is 6.03 Å². The summed E-state index contributed by atoms with van der Waals surface area (Å²) in [7, 11) is 4.48. The lowest BCUT2D eigenvalue weighted by molar-refractivity contribution is -0.145. The average molecular weight is 1090 g/mol. The van der Waals surface area contributed by atoms with Gasteiger partial charge in [0.25, 0.3) is 5.91 Å². The number of aryl methyl sites for hydroxylation is 1. The number of methoxy groups -OCH3 is 1. The van der Waals surface area contributed by atoms with Gasteiger partial charge in [0.15, 0.2) is 28.8 Å². The second-order valence-electron chi connectivity index (χ2n) is 21.5. The summed E-state index contributed by atoms with van der Waals surface area (Å²) >= 11 is 6.83. The van der Waals surface area contributed by atoms with Crippen LogP contribution in [0.15, 0.2) is 54.6 Å². The van der Waals surface area contributed by atoms with Crippen LogP contribution in [0.3, 0.4) is 0 Å². The Morgan fingerprint density at radius 3 is 2.27 bits per heavy atom. The minimum Gasteiger partial charge on any atom is -0.488 e. The fourth-order valence-corrected chi connectivity index (χ4v) is 13.0. The largest absolute Gasteiger partial charge is 0.488 e. The molecule has 5 aromatic rings. The van der Waals surface area contributed by atoms with E-state index in [1.54, 1.807) is 7.05 Å². The molecule has 1 saturated carbocycles. The molecule has 1 aliphatic carbocycles. The maximum absolute atomic E-state index is 16.8. The molecule has 0 spiro atoms. The number of piperidine rings is 2. The summed E-state index contributed by atoms with van der Waals surface area (Å²) in [5.74, 6) is -4.70. The van der Waals surface area contributed by atoms with E-state index >= 15 is 17.6 Å². The molecule has 0 bridgehead atoms. The van der Waals surface area contributed by atoms with Crippen molar-refractivity contribution in [1.82, 2.24) is 35.5 Å². The summed E-state index contributed by atoms with van der Waals surface area (Å²) in [5, 5.41) is 12.8. The molecule has 3 saturated heterocycles. The molecule has 2 atom stereocenters. The third-order valence-corrected chi connectivity index (χ3v) is 17.5. The van der Waals surface area contributed by atoms with Gasteiger partial charge in [-0.3, -0.25) is 29.3 Å². The molecule has 77 heavy (non-hydrogen) atoms. The molecule has 1 aromatic heterocycles. The van der Waals surface area contributed by atoms with Crippen molar-refractivity contribution >= 4 is 52.1 Å². The highest BCUT2D eigenvalue weighted by Crippen LogP contribution is 2.57. The van der Waals surface area contributed by atoms with Gasteiger partial charge in [-0.1, -0.05) is 55.8 Å². The highest BCUT2D eigenvalue weighted by Gasteiger charge is 2.51. The molecule has 15 nitrogen and oxygen atoms in total. The Morgan fingerprint density at radius 2 is 1.60 bits per heavy atom. The van der Waals surface area contributed by atoms with Crippen LogP contribution in [0.2, 0.25) is 5.02 Å². The first kappa shape index (κ1) is 54.1. The number of hydrogen-bond donors (Lipinski definition) is 3. The number of halogens is 5. The molecule has 0 unspecified atom stereocenters. The maximum atomic E-state index is 16.8. The van der Waals surface area contributed by atoms with Crippen LogP contribution in [0.25, 0.3) is 22.0 Å². The van der Waals surface area contributed by atoms with Gasteiger partial charge < -0.3 is 34.6 Å². The monoisotopic (exact) mass is 1080 g/mol. The molecule has 4 fully saturated rings. The number of aromatic nitrogens is 2. The van der Waals surface area contributed by atoms with Crippen LogP contribution in [-0.4, -0.2) is 122 Å². The number of benzene rings is 4. The number of likely N-dealkylation sites (tertiary alicyclic amines) is 2. The molecule has 5 aliphatic rings. The quantitative estimate of drug-likeness (QED) is 0.0724. The van der Waals surface area contributed by atoms with Crippen LogP contribution in [0.1, 0.15) is 111 Å². The molecule has 0 radical (unpaired) electrons. The summed E-state index contributed by atoms with van der Waals surface area (Å²) in [4.78, 5) is 57.7. The van der Waals surface area contributed by atoms with E-state index < -0.39 is 58.0 Å². The van der Waals surface area contributed by atoms with E-state index in [1.165, 1.54) is 48.0 Å². The van der Waals surface area contributed by atoms with Crippen molar-refractivity contribution in [2.45, 2.75) is 101 Å². The van der Waals surface area contributed by atoms with Gasteiger partial charge in [-0.2, -0.15) is 5.10 Å². The van der Waals surface area contributed by atoms with E-state index in [-0.39, 0.29) is 112 Å². The summed E-state index contributed by atoms with van der Waals surface area (Å²) in [6, 6.07) is 14.4. The number of rotatable bonds is 14. The number of carbonyl (C=O) groups excluding carboxylic acids is 4. The lowest BCUT2D eigenvalue weighted by Crippen LogP contribution is -2.53. The maximum Gasteiger partial charge on any atom is 0.329 e. The molecular formula is C57H65ClF4N8O7. The number of imide groups is 1. The average Bonchev–Trinajstić information content (AvgIpc) is 4.00. The van der Waals surface area contributed by atoms with Crippen molar-refractivity contribution in [3.63, 3.8) is 0 Å². The van der Waals surface area contributed by atoms with Gasteiger partial charge in [0.1, 0.15) is 29.5 Å². The molecule has 5 heterocycles. The van der Waals surface area contributed by atoms with Gasteiger partial charge in [-0.05, 0) is 94.1 Å². The third kappa shape index (κ3) is 9.90. The predicted molar refractivity (Wildman–Crippen MR) is 282 cm³/mol. The number of anilines is 1. The third-order valence-electron chi connectivity index (χ3n) is 17.1. The first-order valence-electron chi connectivity index (χ1n) is 26.6. The predicted octanol–water partition coefficient (Wildman–Crippen LogP) is 9.08. The minimum atomic E-state index is -1.12. The molecule has 3 N–H and O–H groups in total. The summed E-state index contributed by atoms with van der Waals surface area (Å²) < 4.78 is 84.2. The number of ether oxygens (including phenoxy) is 3. The lowest BCUT2D eigenvalue weighted by Gasteiger charge is -2.45. The van der Waals surface area contributed by atoms with Gasteiger partial charge in [0, 0.05) is 106 Å². The van der Waals surface area contributed by atoms with Crippen LogP contribution in [0.5, 0.6) is 11.5 Å². The number of nitrogens with one attached hydrogen (secondary N) is 3. The Balaban J connectivity index is 0.775. The highest BCUT2D eigenvalue weighted by atomic mass is 35.5. The smallest absolute Gasteiger partial charge is 0.329 e. The van der Waals surface area contributed by atoms with Gasteiger partial charge in [-0.25, -0.2) is 22.4 Å². The number of amides is 5. The van der Waals surface area contributed by atoms with Crippen molar-refractivity contribution in [3.05, 3.63) is 105 Å². The number of urea groups is 1. The van der Waals surface area contributed by atoms with Crippen LogP contribution < -0.4 is 30.3 Å². The van der Waals surface area contributed by atoms with Crippen molar-refractivity contribution in [2.24, 2.45) is 12.5 Å². The number of carbonyl (C=O) groups is 4. The second kappa shape index (κ2) is 21.9. The zero-order valence-electron chi connectivity index (χ0n) is 44.0. The Morgan fingerprint density at radius 1 is 0.883 bits per heavy atom. The van der Waals surface area contributed by atoms with E-state index in [4.69, 9.17) is 25.8 Å². The fraction of sp³-hybridized carbons (Fsp3) is 0.491. The second-order valence-corrected chi connectivity index (χ2v) is 21.9. The minimum absolute atomic E-state index is 0.00816. The molecule has 10 rings (SSSR count). The number of fused-ring (bicyclic) bond motifs is 2. The summed E-state index contributed by atoms with van der Waals surface area (Å²) in [6.07, 6.45) is 5.53. The topological polar surface area (TPSA) is 160 Å². The Bertz CT molecular complexity index is 3100. The zero-order chi connectivity index (χ0) is 54.5. The SMILES string of the molecule is CNC(=O)c1ccc(OCCOC)c(F)c1-c1c(Cl)c(F)cc2c1[C@H](C)[C@@](CNC1CCC(C)(C(=O)N3CCC(N4CCC(c5c(F)cc6c(N7CCC(=O)NC7=O)nn(C)c6c5F)CC4)CC3)CC1)(c1ccccc1)O2. The van der Waals surface area contributed by atoms with E-state index in [9.17, 15) is 19.2 Å². The summed E-state index contributed by atoms with van der Waals surface area (Å²) in [6.45, 7) is 7.11. The Hall–Kier alpha value is -6.28. The first-order valence-corrected chi connectivity index (χ1v) is 27.0. The van der Waals surface area contributed by atoms with E-state index in [0.29, 0.717) is 57.4 Å². The van der Waals surface area contributed by atoms with Crippen molar-refractivity contribution < 1.29 is 51.0 Å². The first-order chi connectivity index (χ1) is 37.0. The van der Waals surface area contributed by atoms with Crippen molar-refractivity contribution in [1.29, 1.82) is 0 Å². The molecule has 4 aliphatic heterocycles. The molecular weight excluding hydrogens is 1020 g/mol. The summed E-state index contributed by atoms with van der Waals surface area (Å²) in [5.41, 5.74) is -0.539. The van der Waals surface area contributed by atoms with E-state index in [2.05, 4.69) is 32.9 Å². The van der Waals surface area contributed by atoms with Crippen LogP contribution >= 0.6 is 11.6 Å². The molecule has 20 heteroatoms. The Kier molecular flexibility index (Phi) is 15.4. The Labute approximate surface area is 449 Å². The van der Waals surface area contributed by atoms with Crippen LogP contribution in [0.4, 0.5) is 28.2 Å². The zero-order valence-corrected chi connectivity index (χ0v) is 44.8. The lowest BCUT2D eigenvalue weighted by atomic mass is 9.72. The van der Waals surface area contributed by atoms with Crippen LogP contribution in [-0.2, 0) is 27.0 Å². The number of hydrogen-bond acceptors (Lipinski definition) is 10. The van der Waals surface area contributed by atoms with Gasteiger partial charge in [0.2, 0.25) is 11.8 Å². The molecule has 5 amide bonds. The normalized spacial score (nSPS) is 23.5. The van der Waals surface area contributed by atoms with Crippen molar-refractivity contribution in [2.75, 3.05) is 71.5 Å². The van der Waals surface area contributed by atoms with Gasteiger partial charge in [0.05, 0.1) is 22.6 Å². The van der Waals surface area contributed by atoms with E-state index in [1.807, 2.05) is 42.2 Å². The van der Waals surface area contributed by atoms with Crippen LogP contribution in [0, 0.1) is 28.7 Å². The number of nitrogens with zero attached hydrogens (tertiary/aromatic N) is 5. The molecule has 4 aromatic carbocycles. The van der Waals surface area contributed by atoms with Crippen molar-refractivity contribution in [3.8, 4) is 22.6 Å². The standard InChI is InChI=1S/C57H65ClF4N8O7/c1-32-44-42(30-40(60)48(58)47(44)46-37(53(72)63-3)11-12-41(49(46)61)76-28-27-75-5)77-57(32,34-9-7-6-8-10-34)31-64-35-13-20-56(2,21-14-35)54(73)69-24-17-36(18-25-69)68-22-15-33(16-23-68)45-39(59)29-38-51(50(45)62)67(4)66-52(38)70-26-19-43(71)65-55(70)74/h6-12,29-30,32-33,35-36,64H,13-28,31H2,1-5H3,(H,63,72)(H,65,71,74)/t32-,35?,56?,57-/m0/s1. The highest BCUT2D eigenvalue weighted by molar-refractivity contribution is 6.34.